The molecule has 0 bridgehead atoms. The van der Waals surface area contributed by atoms with Crippen molar-refractivity contribution in [1.29, 1.82) is 0 Å². The van der Waals surface area contributed by atoms with Gasteiger partial charge in [0.25, 0.3) is 0 Å². The number of nitrogens with zero attached hydrogens (tertiary/aromatic N) is 1. The van der Waals surface area contributed by atoms with E-state index in [1.807, 2.05) is 37.5 Å². The number of carbonyl (C=O) groups is 1. The molecule has 2 aromatic carbocycles. The lowest BCUT2D eigenvalue weighted by Crippen LogP contribution is -2.39. The second kappa shape index (κ2) is 11.9. The first kappa shape index (κ1) is 25.6. The Labute approximate surface area is 198 Å². The van der Waals surface area contributed by atoms with E-state index in [0.29, 0.717) is 25.6 Å². The number of H-pyrrole nitrogens is 1. The van der Waals surface area contributed by atoms with E-state index < -0.39 is 12.7 Å². The molecule has 2 N–H and O–H groups in total. The molecule has 1 aliphatic heterocycles. The summed E-state index contributed by atoms with van der Waals surface area (Å²) in [5, 5.41) is 4.36. The molecule has 0 aliphatic carbocycles. The van der Waals surface area contributed by atoms with E-state index >= 15 is 0 Å². The third-order valence-corrected chi connectivity index (χ3v) is 6.02. The minimum Gasteiger partial charge on any atom is -0.493 e. The Morgan fingerprint density at radius 3 is 2.44 bits per heavy atom. The number of halogens is 3. The molecule has 0 atom stereocenters. The lowest BCUT2D eigenvalue weighted by Gasteiger charge is -2.32. The zero-order chi connectivity index (χ0) is 24.6. The van der Waals surface area contributed by atoms with E-state index in [2.05, 4.69) is 28.5 Å². The zero-order valence-corrected chi connectivity index (χ0v) is 19.6. The van der Waals surface area contributed by atoms with Crippen LogP contribution in [0.1, 0.15) is 36.8 Å². The monoisotopic (exact) mass is 475 g/mol. The van der Waals surface area contributed by atoms with Gasteiger partial charge >= 0.3 is 6.18 Å². The predicted octanol–water partition coefficient (Wildman–Crippen LogP) is 5.78. The van der Waals surface area contributed by atoms with Crippen LogP contribution in [0.3, 0.4) is 0 Å². The number of alkyl halides is 3. The number of carbonyl (C=O) groups excluding carboxylic acids is 1. The van der Waals surface area contributed by atoms with Gasteiger partial charge in [0.15, 0.2) is 0 Å². The zero-order valence-electron chi connectivity index (χ0n) is 19.6. The van der Waals surface area contributed by atoms with Crippen LogP contribution in [0.25, 0.3) is 10.9 Å². The Balaban J connectivity index is 0.00000103. The van der Waals surface area contributed by atoms with Gasteiger partial charge in [0.05, 0.1) is 18.8 Å². The van der Waals surface area contributed by atoms with Crippen molar-refractivity contribution in [1.82, 2.24) is 9.88 Å². The average molecular weight is 476 g/mol. The average Bonchev–Trinajstić information content (AvgIpc) is 3.22. The number of fused-ring (bicyclic) bond motifs is 1. The van der Waals surface area contributed by atoms with Gasteiger partial charge in [-0.1, -0.05) is 18.2 Å². The van der Waals surface area contributed by atoms with Gasteiger partial charge in [0.1, 0.15) is 12.0 Å². The van der Waals surface area contributed by atoms with E-state index in [1.165, 1.54) is 28.3 Å². The van der Waals surface area contributed by atoms with E-state index in [-0.39, 0.29) is 0 Å². The number of hydrogen-bond acceptors (Lipinski definition) is 4. The van der Waals surface area contributed by atoms with Crippen molar-refractivity contribution in [2.75, 3.05) is 38.6 Å². The summed E-state index contributed by atoms with van der Waals surface area (Å²) in [7, 11) is 1.91. The molecule has 184 valence electrons. The summed E-state index contributed by atoms with van der Waals surface area (Å²) in [5.41, 5.74) is 4.58. The molecular formula is C26H32F3N3O2. The van der Waals surface area contributed by atoms with Gasteiger partial charge in [-0.25, -0.2) is 0 Å². The van der Waals surface area contributed by atoms with Gasteiger partial charge in [0, 0.05) is 30.6 Å². The first-order valence-corrected chi connectivity index (χ1v) is 11.5. The maximum absolute atomic E-state index is 12.5. The molecule has 4 rings (SSSR count). The molecule has 0 saturated carbocycles. The van der Waals surface area contributed by atoms with Crippen molar-refractivity contribution in [3.63, 3.8) is 0 Å². The van der Waals surface area contributed by atoms with Crippen molar-refractivity contribution < 1.29 is 22.7 Å². The predicted molar refractivity (Wildman–Crippen MR) is 130 cm³/mol. The number of hydrogen-bond donors (Lipinski definition) is 2. The fraction of sp³-hybridized carbons (Fsp3) is 0.423. The molecule has 8 heteroatoms. The van der Waals surface area contributed by atoms with Crippen LogP contribution in [-0.2, 0) is 11.2 Å². The summed E-state index contributed by atoms with van der Waals surface area (Å²) in [6.07, 6.45) is 0.920. The van der Waals surface area contributed by atoms with Crippen molar-refractivity contribution in [2.24, 2.45) is 0 Å². The normalized spacial score (nSPS) is 15.0. The number of ether oxygens (including phenoxy) is 1. The van der Waals surface area contributed by atoms with Crippen molar-refractivity contribution in [3.05, 3.63) is 59.8 Å². The molecule has 34 heavy (non-hydrogen) atoms. The largest absolute Gasteiger partial charge is 0.493 e. The van der Waals surface area contributed by atoms with Crippen LogP contribution < -0.4 is 10.1 Å². The number of benzene rings is 2. The van der Waals surface area contributed by atoms with Crippen LogP contribution in [0.2, 0.25) is 0 Å². The van der Waals surface area contributed by atoms with Crippen LogP contribution in [0.15, 0.2) is 48.7 Å². The summed E-state index contributed by atoms with van der Waals surface area (Å²) in [5.74, 6) is 1.13. The quantitative estimate of drug-likeness (QED) is 0.426. The van der Waals surface area contributed by atoms with Gasteiger partial charge in [-0.05, 0) is 74.2 Å². The summed E-state index contributed by atoms with van der Waals surface area (Å²) in [4.78, 5) is 13.6. The molecule has 1 aromatic heterocycles. The van der Waals surface area contributed by atoms with Crippen LogP contribution >= 0.6 is 0 Å². The SMILES string of the molecule is CC=O.CNc1c[nH]c2ccc(CCOc3ccc(C4CCN(CC(F)(F)F)CC4)cc3)cc12. The summed E-state index contributed by atoms with van der Waals surface area (Å²) < 4.78 is 43.5. The highest BCUT2D eigenvalue weighted by molar-refractivity contribution is 5.92. The van der Waals surface area contributed by atoms with Gasteiger partial charge < -0.3 is 19.8 Å². The Morgan fingerprint density at radius 2 is 1.82 bits per heavy atom. The highest BCUT2D eigenvalue weighted by Crippen LogP contribution is 2.31. The summed E-state index contributed by atoms with van der Waals surface area (Å²) in [6.45, 7) is 2.20. The van der Waals surface area contributed by atoms with Gasteiger partial charge in [0.2, 0.25) is 0 Å². The number of aromatic amines is 1. The Hall–Kier alpha value is -3.00. The van der Waals surface area contributed by atoms with E-state index in [4.69, 9.17) is 9.53 Å². The number of piperidine rings is 1. The molecule has 1 aliphatic rings. The number of nitrogens with one attached hydrogen (secondary N) is 2. The minimum absolute atomic E-state index is 0.313. The molecule has 0 spiro atoms. The van der Waals surface area contributed by atoms with Gasteiger partial charge in [-0.3, -0.25) is 4.90 Å². The maximum Gasteiger partial charge on any atom is 0.401 e. The molecule has 2 heterocycles. The second-order valence-corrected chi connectivity index (χ2v) is 8.40. The third kappa shape index (κ3) is 7.25. The van der Waals surface area contributed by atoms with Crippen LogP contribution in [0.4, 0.5) is 18.9 Å². The molecule has 3 aromatic rings. The van der Waals surface area contributed by atoms with Crippen molar-refractivity contribution in [3.8, 4) is 5.75 Å². The number of aldehydes is 1. The molecule has 0 unspecified atom stereocenters. The first-order chi connectivity index (χ1) is 16.3. The highest BCUT2D eigenvalue weighted by atomic mass is 19.4. The number of likely N-dealkylation sites (tertiary alicyclic amines) is 1. The van der Waals surface area contributed by atoms with Gasteiger partial charge in [-0.2, -0.15) is 13.2 Å². The molecule has 0 radical (unpaired) electrons. The summed E-state index contributed by atoms with van der Waals surface area (Å²) >= 11 is 0. The Kier molecular flexibility index (Phi) is 8.98. The van der Waals surface area contributed by atoms with Crippen molar-refractivity contribution in [2.45, 2.75) is 38.3 Å². The van der Waals surface area contributed by atoms with Crippen LogP contribution in [-0.4, -0.2) is 55.6 Å². The number of anilines is 1. The van der Waals surface area contributed by atoms with Crippen LogP contribution in [0.5, 0.6) is 5.75 Å². The lowest BCUT2D eigenvalue weighted by molar-refractivity contribution is -0.147. The fourth-order valence-electron chi connectivity index (χ4n) is 4.33. The minimum atomic E-state index is -4.12. The first-order valence-electron chi connectivity index (χ1n) is 11.5. The maximum atomic E-state index is 12.5. The molecule has 1 saturated heterocycles. The van der Waals surface area contributed by atoms with Crippen LogP contribution in [0, 0.1) is 0 Å². The standard InChI is InChI=1S/C24H28F3N3O.C2H4O/c1-28-23-15-29-22-7-2-17(14-21(22)23)10-13-31-20-5-3-18(4-6-20)19-8-11-30(12-9-19)16-24(25,26)27;1-2-3/h2-7,14-15,19,28-29H,8-13,16H2,1H3;2H,1H3. The smallest absolute Gasteiger partial charge is 0.401 e. The lowest BCUT2D eigenvalue weighted by atomic mass is 9.89. The highest BCUT2D eigenvalue weighted by Gasteiger charge is 2.32. The Bertz CT molecular complexity index is 1040. The molecule has 1 fully saturated rings. The van der Waals surface area contributed by atoms with Gasteiger partial charge in [-0.15, -0.1) is 0 Å². The molecule has 0 amide bonds. The van der Waals surface area contributed by atoms with Crippen molar-refractivity contribution >= 4 is 22.9 Å². The molecular weight excluding hydrogens is 443 g/mol. The number of rotatable bonds is 7. The number of aromatic nitrogens is 1. The van der Waals surface area contributed by atoms with E-state index in [1.54, 1.807) is 0 Å². The third-order valence-electron chi connectivity index (χ3n) is 6.02. The fourth-order valence-corrected chi connectivity index (χ4v) is 4.33. The Morgan fingerprint density at radius 1 is 1.15 bits per heavy atom. The molecule has 5 nitrogen and oxygen atoms in total. The topological polar surface area (TPSA) is 57.4 Å². The second-order valence-electron chi connectivity index (χ2n) is 8.40. The summed E-state index contributed by atoms with van der Waals surface area (Å²) in [6, 6.07) is 14.4. The van der Waals surface area contributed by atoms with E-state index in [0.717, 1.165) is 42.5 Å². The van der Waals surface area contributed by atoms with E-state index in [9.17, 15) is 13.2 Å².